The molecule has 3 heteroatoms. The maximum Gasteiger partial charge on any atom is 0.0324 e. The SMILES string of the molecule is C=C(CN)N1CC2C(N)C2C1. The number of nitrogens with zero attached hydrogens (tertiary/aromatic N) is 1. The average Bonchev–Trinajstić information content (AvgIpc) is 2.55. The molecule has 0 spiro atoms. The Hall–Kier alpha value is -0.540. The molecule has 2 unspecified atom stereocenters. The molecular formula is C8H15N3. The van der Waals surface area contributed by atoms with E-state index < -0.39 is 0 Å². The molecule has 0 bridgehead atoms. The predicted molar refractivity (Wildman–Crippen MR) is 44.7 cm³/mol. The zero-order valence-electron chi connectivity index (χ0n) is 6.66. The van der Waals surface area contributed by atoms with Crippen LogP contribution in [-0.2, 0) is 0 Å². The summed E-state index contributed by atoms with van der Waals surface area (Å²) in [4.78, 5) is 2.26. The molecule has 1 heterocycles. The average molecular weight is 153 g/mol. The first kappa shape index (κ1) is 7.13. The van der Waals surface area contributed by atoms with E-state index in [4.69, 9.17) is 11.5 Å². The van der Waals surface area contributed by atoms with E-state index in [-0.39, 0.29) is 0 Å². The number of fused-ring (bicyclic) bond motifs is 1. The maximum absolute atomic E-state index is 5.79. The van der Waals surface area contributed by atoms with Gasteiger partial charge in [-0.25, -0.2) is 0 Å². The zero-order valence-corrected chi connectivity index (χ0v) is 6.66. The molecule has 0 aromatic heterocycles. The number of rotatable bonds is 2. The van der Waals surface area contributed by atoms with Crippen LogP contribution < -0.4 is 11.5 Å². The van der Waals surface area contributed by atoms with Gasteiger partial charge < -0.3 is 16.4 Å². The molecule has 4 N–H and O–H groups in total. The van der Waals surface area contributed by atoms with E-state index in [2.05, 4.69) is 11.5 Å². The van der Waals surface area contributed by atoms with Gasteiger partial charge in [0.25, 0.3) is 0 Å². The highest BCUT2D eigenvalue weighted by molar-refractivity contribution is 5.13. The van der Waals surface area contributed by atoms with Gasteiger partial charge in [0.15, 0.2) is 0 Å². The van der Waals surface area contributed by atoms with Crippen molar-refractivity contribution in [2.75, 3.05) is 19.6 Å². The minimum Gasteiger partial charge on any atom is -0.374 e. The van der Waals surface area contributed by atoms with E-state index in [0.29, 0.717) is 12.6 Å². The van der Waals surface area contributed by atoms with E-state index in [9.17, 15) is 0 Å². The summed E-state index contributed by atoms with van der Waals surface area (Å²) in [6.45, 7) is 6.64. The number of likely N-dealkylation sites (tertiary alicyclic amines) is 1. The largest absolute Gasteiger partial charge is 0.374 e. The Morgan fingerprint density at radius 2 is 2.00 bits per heavy atom. The Kier molecular flexibility index (Phi) is 1.44. The van der Waals surface area contributed by atoms with E-state index in [1.165, 1.54) is 0 Å². The van der Waals surface area contributed by atoms with Crippen LogP contribution in [0.15, 0.2) is 12.3 Å². The third kappa shape index (κ3) is 0.957. The minimum atomic E-state index is 0.469. The first-order valence-electron chi connectivity index (χ1n) is 4.12. The summed E-state index contributed by atoms with van der Waals surface area (Å²) in [6.07, 6.45) is 0. The Bertz CT molecular complexity index is 178. The number of hydrogen-bond acceptors (Lipinski definition) is 3. The second kappa shape index (κ2) is 2.22. The van der Waals surface area contributed by atoms with Crippen LogP contribution >= 0.6 is 0 Å². The Morgan fingerprint density at radius 1 is 1.45 bits per heavy atom. The van der Waals surface area contributed by atoms with Crippen molar-refractivity contribution < 1.29 is 0 Å². The van der Waals surface area contributed by atoms with E-state index in [1.807, 2.05) is 0 Å². The molecule has 1 aliphatic heterocycles. The summed E-state index contributed by atoms with van der Waals surface area (Å²) in [7, 11) is 0. The van der Waals surface area contributed by atoms with Crippen molar-refractivity contribution in [2.24, 2.45) is 23.3 Å². The normalized spacial score (nSPS) is 40.5. The standard InChI is InChI=1S/C8H15N3/c1-5(2-9)11-3-6-7(4-11)8(6)10/h6-8H,1-4,9-10H2. The summed E-state index contributed by atoms with van der Waals surface area (Å²) in [5.74, 6) is 1.47. The zero-order chi connectivity index (χ0) is 8.01. The lowest BCUT2D eigenvalue weighted by Gasteiger charge is -2.22. The third-order valence-electron chi connectivity index (χ3n) is 2.94. The van der Waals surface area contributed by atoms with E-state index in [1.54, 1.807) is 0 Å². The monoisotopic (exact) mass is 153 g/mol. The van der Waals surface area contributed by atoms with E-state index >= 15 is 0 Å². The van der Waals surface area contributed by atoms with Gasteiger partial charge in [-0.15, -0.1) is 0 Å². The highest BCUT2D eigenvalue weighted by Gasteiger charge is 2.53. The van der Waals surface area contributed by atoms with Gasteiger partial charge >= 0.3 is 0 Å². The van der Waals surface area contributed by atoms with Crippen molar-refractivity contribution >= 4 is 0 Å². The summed E-state index contributed by atoms with van der Waals surface area (Å²) in [6, 6.07) is 0.469. The van der Waals surface area contributed by atoms with Crippen molar-refractivity contribution in [2.45, 2.75) is 6.04 Å². The molecule has 1 saturated heterocycles. The molecule has 62 valence electrons. The second-order valence-electron chi connectivity index (χ2n) is 3.58. The molecule has 0 aromatic rings. The minimum absolute atomic E-state index is 0.469. The lowest BCUT2D eigenvalue weighted by molar-refractivity contribution is 0.368. The topological polar surface area (TPSA) is 55.3 Å². The molecule has 2 atom stereocenters. The summed E-state index contributed by atoms with van der Waals surface area (Å²) in [5.41, 5.74) is 12.3. The lowest BCUT2D eigenvalue weighted by atomic mass is 10.3. The maximum atomic E-state index is 5.79. The third-order valence-corrected chi connectivity index (χ3v) is 2.94. The van der Waals surface area contributed by atoms with Crippen molar-refractivity contribution in [1.29, 1.82) is 0 Å². The fourth-order valence-corrected chi connectivity index (χ4v) is 1.96. The summed E-state index contributed by atoms with van der Waals surface area (Å²) in [5, 5.41) is 0. The summed E-state index contributed by atoms with van der Waals surface area (Å²) < 4.78 is 0. The van der Waals surface area contributed by atoms with Crippen LogP contribution in [0.25, 0.3) is 0 Å². The molecular weight excluding hydrogens is 138 g/mol. The fourth-order valence-electron chi connectivity index (χ4n) is 1.96. The molecule has 2 rings (SSSR count). The number of nitrogens with two attached hydrogens (primary N) is 2. The number of piperidine rings is 1. The molecule has 0 amide bonds. The molecule has 1 aliphatic carbocycles. The van der Waals surface area contributed by atoms with Crippen LogP contribution in [0.2, 0.25) is 0 Å². The molecule has 0 radical (unpaired) electrons. The van der Waals surface area contributed by atoms with Crippen molar-refractivity contribution in [3.8, 4) is 0 Å². The second-order valence-corrected chi connectivity index (χ2v) is 3.58. The number of hydrogen-bond donors (Lipinski definition) is 2. The predicted octanol–water partition coefficient (Wildman–Crippen LogP) is -0.652. The van der Waals surface area contributed by atoms with Crippen LogP contribution in [-0.4, -0.2) is 30.6 Å². The molecule has 2 aliphatic rings. The van der Waals surface area contributed by atoms with Gasteiger partial charge in [-0.05, 0) is 11.8 Å². The molecule has 3 nitrogen and oxygen atoms in total. The Morgan fingerprint density at radius 3 is 2.45 bits per heavy atom. The summed E-state index contributed by atoms with van der Waals surface area (Å²) >= 11 is 0. The van der Waals surface area contributed by atoms with Crippen LogP contribution in [0.4, 0.5) is 0 Å². The van der Waals surface area contributed by atoms with Gasteiger partial charge in [-0.2, -0.15) is 0 Å². The van der Waals surface area contributed by atoms with Crippen LogP contribution in [0.3, 0.4) is 0 Å². The van der Waals surface area contributed by atoms with Gasteiger partial charge in [0.1, 0.15) is 0 Å². The van der Waals surface area contributed by atoms with Crippen LogP contribution in [0, 0.1) is 11.8 Å². The Labute approximate surface area is 67.0 Å². The van der Waals surface area contributed by atoms with Gasteiger partial charge in [-0.1, -0.05) is 6.58 Å². The van der Waals surface area contributed by atoms with Crippen molar-refractivity contribution in [1.82, 2.24) is 4.90 Å². The van der Waals surface area contributed by atoms with Gasteiger partial charge in [0.2, 0.25) is 0 Å². The van der Waals surface area contributed by atoms with Crippen molar-refractivity contribution in [3.63, 3.8) is 0 Å². The Balaban J connectivity index is 1.90. The first-order valence-corrected chi connectivity index (χ1v) is 4.12. The first-order chi connectivity index (χ1) is 5.24. The molecule has 1 saturated carbocycles. The van der Waals surface area contributed by atoms with E-state index in [0.717, 1.165) is 30.6 Å². The van der Waals surface area contributed by atoms with Gasteiger partial charge in [-0.3, -0.25) is 0 Å². The highest BCUT2D eigenvalue weighted by Crippen LogP contribution is 2.44. The quantitative estimate of drug-likeness (QED) is 0.554. The molecule has 11 heavy (non-hydrogen) atoms. The van der Waals surface area contributed by atoms with Crippen LogP contribution in [0.5, 0.6) is 0 Å². The van der Waals surface area contributed by atoms with Crippen molar-refractivity contribution in [3.05, 3.63) is 12.3 Å². The smallest absolute Gasteiger partial charge is 0.0324 e. The van der Waals surface area contributed by atoms with Crippen LogP contribution in [0.1, 0.15) is 0 Å². The lowest BCUT2D eigenvalue weighted by Crippen LogP contribution is -2.30. The molecule has 2 fully saturated rings. The molecule has 0 aromatic carbocycles. The van der Waals surface area contributed by atoms with Gasteiger partial charge in [0.05, 0.1) is 0 Å². The fraction of sp³-hybridized carbons (Fsp3) is 0.750. The van der Waals surface area contributed by atoms with Gasteiger partial charge in [0, 0.05) is 31.4 Å². The highest BCUT2D eigenvalue weighted by atomic mass is 15.2.